The summed E-state index contributed by atoms with van der Waals surface area (Å²) < 4.78 is 1.64. The van der Waals surface area contributed by atoms with E-state index in [1.807, 2.05) is 17.5 Å². The van der Waals surface area contributed by atoms with Crippen molar-refractivity contribution < 1.29 is 9.90 Å². The molecule has 0 saturated heterocycles. The lowest BCUT2D eigenvalue weighted by Gasteiger charge is -2.25. The van der Waals surface area contributed by atoms with Gasteiger partial charge in [-0.3, -0.25) is 9.48 Å². The predicted octanol–water partition coefficient (Wildman–Crippen LogP) is 2.68. The Hall–Kier alpha value is -1.66. The van der Waals surface area contributed by atoms with Gasteiger partial charge in [-0.15, -0.1) is 11.3 Å². The Labute approximate surface area is 135 Å². The molecule has 2 rings (SSSR count). The SMILES string of the molecule is Cn1cc(C(=O)NC(CO)CC(C)(C)C)c(-c2cccs2)n1. The minimum atomic E-state index is -0.260. The van der Waals surface area contributed by atoms with Gasteiger partial charge >= 0.3 is 0 Å². The molecule has 0 spiro atoms. The fourth-order valence-electron chi connectivity index (χ4n) is 2.41. The molecule has 0 saturated carbocycles. The summed E-state index contributed by atoms with van der Waals surface area (Å²) in [4.78, 5) is 13.5. The largest absolute Gasteiger partial charge is 0.394 e. The molecule has 0 aliphatic heterocycles. The molecule has 0 fully saturated rings. The Morgan fingerprint density at radius 1 is 1.50 bits per heavy atom. The summed E-state index contributed by atoms with van der Waals surface area (Å²) in [7, 11) is 1.80. The van der Waals surface area contributed by atoms with Crippen molar-refractivity contribution in [3.05, 3.63) is 29.3 Å². The van der Waals surface area contributed by atoms with Crippen LogP contribution in [0.1, 0.15) is 37.6 Å². The van der Waals surface area contributed by atoms with Crippen molar-refractivity contribution in [2.45, 2.75) is 33.2 Å². The van der Waals surface area contributed by atoms with E-state index in [0.29, 0.717) is 17.7 Å². The number of rotatable bonds is 5. The molecule has 0 radical (unpaired) electrons. The number of hydrogen-bond donors (Lipinski definition) is 2. The second kappa shape index (κ2) is 6.62. The highest BCUT2D eigenvalue weighted by Gasteiger charge is 2.23. The summed E-state index contributed by atoms with van der Waals surface area (Å²) in [5, 5.41) is 18.8. The zero-order valence-corrected chi connectivity index (χ0v) is 14.3. The topological polar surface area (TPSA) is 67.2 Å². The zero-order chi connectivity index (χ0) is 16.3. The fourth-order valence-corrected chi connectivity index (χ4v) is 3.14. The second-order valence-electron chi connectivity index (χ2n) is 6.66. The summed E-state index contributed by atoms with van der Waals surface area (Å²) >= 11 is 1.55. The van der Waals surface area contributed by atoms with Crippen molar-refractivity contribution in [1.82, 2.24) is 15.1 Å². The van der Waals surface area contributed by atoms with Gasteiger partial charge in [0.1, 0.15) is 5.69 Å². The fraction of sp³-hybridized carbons (Fsp3) is 0.500. The Kier molecular flexibility index (Phi) is 5.03. The highest BCUT2D eigenvalue weighted by molar-refractivity contribution is 7.13. The van der Waals surface area contributed by atoms with E-state index in [9.17, 15) is 9.90 Å². The molecule has 5 nitrogen and oxygen atoms in total. The first-order valence-corrected chi connectivity index (χ1v) is 8.17. The van der Waals surface area contributed by atoms with Crippen LogP contribution in [0, 0.1) is 5.41 Å². The number of carbonyl (C=O) groups excluding carboxylic acids is 1. The standard InChI is InChI=1S/C16H23N3O2S/c1-16(2,3)8-11(10-20)17-15(21)12-9-19(4)18-14(12)13-6-5-7-22-13/h5-7,9,11,20H,8,10H2,1-4H3,(H,17,21). The average Bonchev–Trinajstić information content (AvgIpc) is 3.04. The number of aryl methyl sites for hydroxylation is 1. The molecule has 1 atom stereocenters. The lowest BCUT2D eigenvalue weighted by atomic mass is 9.88. The molecule has 0 aliphatic carbocycles. The molecule has 0 aliphatic rings. The van der Waals surface area contributed by atoms with E-state index in [0.717, 1.165) is 4.88 Å². The van der Waals surface area contributed by atoms with Crippen LogP contribution in [0.4, 0.5) is 0 Å². The molecular formula is C16H23N3O2S. The quantitative estimate of drug-likeness (QED) is 0.890. The van der Waals surface area contributed by atoms with Gasteiger partial charge in [-0.1, -0.05) is 26.8 Å². The normalized spacial score (nSPS) is 13.1. The summed E-state index contributed by atoms with van der Waals surface area (Å²) in [6.45, 7) is 6.19. The number of aromatic nitrogens is 2. The van der Waals surface area contributed by atoms with Gasteiger partial charge in [0.15, 0.2) is 0 Å². The minimum Gasteiger partial charge on any atom is -0.394 e. The lowest BCUT2D eigenvalue weighted by Crippen LogP contribution is -2.40. The predicted molar refractivity (Wildman–Crippen MR) is 88.9 cm³/mol. The maximum Gasteiger partial charge on any atom is 0.255 e. The van der Waals surface area contributed by atoms with Crippen LogP contribution < -0.4 is 5.32 Å². The highest BCUT2D eigenvalue weighted by Crippen LogP contribution is 2.27. The molecule has 0 aromatic carbocycles. The van der Waals surface area contributed by atoms with Crippen molar-refractivity contribution >= 4 is 17.2 Å². The Morgan fingerprint density at radius 2 is 2.23 bits per heavy atom. The third kappa shape index (κ3) is 4.18. The van der Waals surface area contributed by atoms with Gasteiger partial charge in [-0.05, 0) is 23.3 Å². The molecule has 22 heavy (non-hydrogen) atoms. The molecule has 2 aromatic rings. The van der Waals surface area contributed by atoms with Crippen molar-refractivity contribution in [1.29, 1.82) is 0 Å². The van der Waals surface area contributed by atoms with E-state index >= 15 is 0 Å². The van der Waals surface area contributed by atoms with Gasteiger partial charge in [0, 0.05) is 13.2 Å². The van der Waals surface area contributed by atoms with Gasteiger partial charge in [0.25, 0.3) is 5.91 Å². The summed E-state index contributed by atoms with van der Waals surface area (Å²) in [5.41, 5.74) is 1.26. The van der Waals surface area contributed by atoms with Crippen LogP contribution in [0.25, 0.3) is 10.6 Å². The maximum atomic E-state index is 12.6. The van der Waals surface area contributed by atoms with Crippen molar-refractivity contribution in [3.63, 3.8) is 0 Å². The highest BCUT2D eigenvalue weighted by atomic mass is 32.1. The molecule has 2 aromatic heterocycles. The summed E-state index contributed by atoms with van der Waals surface area (Å²) in [6.07, 6.45) is 2.43. The summed E-state index contributed by atoms with van der Waals surface area (Å²) in [6, 6.07) is 3.62. The molecular weight excluding hydrogens is 298 g/mol. The van der Waals surface area contributed by atoms with Crippen LogP contribution in [0.15, 0.2) is 23.7 Å². The number of nitrogens with one attached hydrogen (secondary N) is 1. The third-order valence-electron chi connectivity index (χ3n) is 3.24. The molecule has 1 amide bonds. The van der Waals surface area contributed by atoms with Crippen LogP contribution in [0.3, 0.4) is 0 Å². The Balaban J connectivity index is 2.19. The number of hydrogen-bond acceptors (Lipinski definition) is 4. The Bertz CT molecular complexity index is 626. The van der Waals surface area contributed by atoms with E-state index in [4.69, 9.17) is 0 Å². The third-order valence-corrected chi connectivity index (χ3v) is 4.12. The number of nitrogens with zero attached hydrogens (tertiary/aromatic N) is 2. The van der Waals surface area contributed by atoms with E-state index in [1.54, 1.807) is 29.3 Å². The van der Waals surface area contributed by atoms with Gasteiger partial charge in [0.2, 0.25) is 0 Å². The van der Waals surface area contributed by atoms with E-state index in [-0.39, 0.29) is 24.0 Å². The van der Waals surface area contributed by atoms with Crippen LogP contribution in [0.2, 0.25) is 0 Å². The zero-order valence-electron chi connectivity index (χ0n) is 13.5. The van der Waals surface area contributed by atoms with Crippen LogP contribution in [-0.4, -0.2) is 33.4 Å². The number of aliphatic hydroxyl groups excluding tert-OH is 1. The van der Waals surface area contributed by atoms with Crippen LogP contribution in [-0.2, 0) is 7.05 Å². The maximum absolute atomic E-state index is 12.6. The van der Waals surface area contributed by atoms with E-state index in [1.165, 1.54) is 0 Å². The van der Waals surface area contributed by atoms with E-state index in [2.05, 4.69) is 31.2 Å². The number of aliphatic hydroxyl groups is 1. The smallest absolute Gasteiger partial charge is 0.255 e. The van der Waals surface area contributed by atoms with Gasteiger partial charge in [0.05, 0.1) is 23.1 Å². The molecule has 2 heterocycles. The molecule has 2 N–H and O–H groups in total. The molecule has 6 heteroatoms. The minimum absolute atomic E-state index is 0.0339. The average molecular weight is 321 g/mol. The molecule has 1 unspecified atom stereocenters. The van der Waals surface area contributed by atoms with Crippen LogP contribution >= 0.6 is 11.3 Å². The monoisotopic (exact) mass is 321 g/mol. The second-order valence-corrected chi connectivity index (χ2v) is 7.61. The van der Waals surface area contributed by atoms with Crippen molar-refractivity contribution in [2.75, 3.05) is 6.61 Å². The number of amides is 1. The summed E-state index contributed by atoms with van der Waals surface area (Å²) in [5.74, 6) is -0.195. The van der Waals surface area contributed by atoms with Gasteiger partial charge in [-0.2, -0.15) is 5.10 Å². The van der Waals surface area contributed by atoms with Crippen LogP contribution in [0.5, 0.6) is 0 Å². The first kappa shape index (κ1) is 16.7. The molecule has 120 valence electrons. The number of thiophene rings is 1. The number of carbonyl (C=O) groups is 1. The first-order chi connectivity index (χ1) is 10.3. The first-order valence-electron chi connectivity index (χ1n) is 7.29. The molecule has 0 bridgehead atoms. The van der Waals surface area contributed by atoms with Gasteiger partial charge < -0.3 is 10.4 Å². The lowest BCUT2D eigenvalue weighted by molar-refractivity contribution is 0.0898. The van der Waals surface area contributed by atoms with Gasteiger partial charge in [-0.25, -0.2) is 0 Å². The van der Waals surface area contributed by atoms with Crippen molar-refractivity contribution in [2.24, 2.45) is 12.5 Å². The Morgan fingerprint density at radius 3 is 2.77 bits per heavy atom. The van der Waals surface area contributed by atoms with Crippen molar-refractivity contribution in [3.8, 4) is 10.6 Å². The van der Waals surface area contributed by atoms with E-state index < -0.39 is 0 Å².